The van der Waals surface area contributed by atoms with Crippen LogP contribution in [0.4, 0.5) is 11.7 Å². The normalized spacial score (nSPS) is 14.6. The number of amides is 1. The molecule has 12 heteroatoms. The molecular weight excluding hydrogens is 448 g/mol. The van der Waals surface area contributed by atoms with Crippen molar-refractivity contribution in [3.05, 3.63) is 47.2 Å². The summed E-state index contributed by atoms with van der Waals surface area (Å²) in [6.45, 7) is 10.3. The summed E-state index contributed by atoms with van der Waals surface area (Å²) in [5, 5.41) is 21.3. The molecule has 2 heterocycles. The van der Waals surface area contributed by atoms with Crippen molar-refractivity contribution in [3.63, 3.8) is 0 Å². The van der Waals surface area contributed by atoms with Crippen LogP contribution in [0.15, 0.2) is 34.9 Å². The third-order valence-corrected chi connectivity index (χ3v) is 6.99. The molecule has 1 aromatic carbocycles. The van der Waals surface area contributed by atoms with Gasteiger partial charge in [0.15, 0.2) is 0 Å². The second-order valence-electron chi connectivity index (χ2n) is 12.2. The zero-order valence-corrected chi connectivity index (χ0v) is 22.9. The maximum absolute atomic E-state index is 12.8. The van der Waals surface area contributed by atoms with Crippen LogP contribution in [0.5, 0.6) is 0 Å². The highest BCUT2D eigenvalue weighted by atomic mass is 16.5. The highest BCUT2D eigenvalue weighted by Crippen LogP contribution is 2.37. The van der Waals surface area contributed by atoms with E-state index in [9.17, 15) is 10.1 Å². The van der Waals surface area contributed by atoms with Crippen LogP contribution in [0, 0.1) is 16.7 Å². The first-order valence-electron chi connectivity index (χ1n) is 12.2. The molecule has 0 saturated carbocycles. The molecule has 0 aliphatic heterocycles. The van der Waals surface area contributed by atoms with Crippen LogP contribution < -0.4 is 11.1 Å². The molecule has 1 amide bonds. The van der Waals surface area contributed by atoms with Gasteiger partial charge in [-0.3, -0.25) is 14.8 Å². The Hall–Kier alpha value is -3.34. The number of benzene rings is 1. The number of hydrogen-bond acceptors (Lipinski definition) is 6. The summed E-state index contributed by atoms with van der Waals surface area (Å²) in [6, 6.07) is 11.5. The van der Waals surface area contributed by atoms with E-state index >= 15 is 0 Å². The maximum atomic E-state index is 12.8. The molecular formula is C24H34B4N6O2. The van der Waals surface area contributed by atoms with Crippen molar-refractivity contribution in [2.75, 3.05) is 11.1 Å². The fourth-order valence-corrected chi connectivity index (χ4v) is 3.80. The fourth-order valence-electron chi connectivity index (χ4n) is 3.80. The smallest absolute Gasteiger partial charge is 0.234 e. The van der Waals surface area contributed by atoms with Gasteiger partial charge in [-0.25, -0.2) is 0 Å². The average Bonchev–Trinajstić information content (AvgIpc) is 3.34. The molecule has 36 heavy (non-hydrogen) atoms. The van der Waals surface area contributed by atoms with Crippen LogP contribution in [0.1, 0.15) is 57.4 Å². The predicted molar refractivity (Wildman–Crippen MR) is 154 cm³/mol. The highest BCUT2D eigenvalue weighted by Gasteiger charge is 2.37. The molecule has 3 rings (SSSR count). The van der Waals surface area contributed by atoms with Crippen molar-refractivity contribution in [1.29, 1.82) is 5.26 Å². The van der Waals surface area contributed by atoms with E-state index in [1.165, 1.54) is 0 Å². The summed E-state index contributed by atoms with van der Waals surface area (Å²) < 4.78 is 7.05. The fraction of sp³-hybridized carbons (Fsp3) is 0.417. The third kappa shape index (κ3) is 5.56. The van der Waals surface area contributed by atoms with Gasteiger partial charge in [-0.2, -0.15) is 10.4 Å². The molecule has 2 aromatic heterocycles. The number of carbonyl (C=O) groups excluding carboxylic acids is 1. The van der Waals surface area contributed by atoms with Gasteiger partial charge in [0.2, 0.25) is 11.8 Å². The van der Waals surface area contributed by atoms with E-state index in [-0.39, 0.29) is 16.4 Å². The zero-order chi connectivity index (χ0) is 27.1. The maximum Gasteiger partial charge on any atom is 0.234 e. The summed E-state index contributed by atoms with van der Waals surface area (Å²) in [5.74, 6) is 0.0680. The Labute approximate surface area is 217 Å². The van der Waals surface area contributed by atoms with Gasteiger partial charge in [-0.15, -0.1) is 0 Å². The number of nitriles is 1. The van der Waals surface area contributed by atoms with Crippen LogP contribution >= 0.6 is 0 Å². The summed E-state index contributed by atoms with van der Waals surface area (Å²) in [7, 11) is 8.41. The largest absolute Gasteiger partial charge is 0.383 e. The molecule has 0 bridgehead atoms. The van der Waals surface area contributed by atoms with Gasteiger partial charge < -0.3 is 10.3 Å². The van der Waals surface area contributed by atoms with Crippen LogP contribution in [-0.2, 0) is 16.7 Å². The zero-order valence-electron chi connectivity index (χ0n) is 22.9. The monoisotopic (exact) mass is 482 g/mol. The van der Waals surface area contributed by atoms with Crippen molar-refractivity contribution >= 4 is 49.0 Å². The van der Waals surface area contributed by atoms with Gasteiger partial charge in [-0.1, -0.05) is 55.3 Å². The number of nitrogens with one attached hydrogen (secondary N) is 1. The topological polar surface area (TPSA) is 123 Å². The minimum atomic E-state index is -0.423. The summed E-state index contributed by atoms with van der Waals surface area (Å²) in [5.41, 5.74) is 9.30. The molecule has 0 fully saturated rings. The van der Waals surface area contributed by atoms with Gasteiger partial charge >= 0.3 is 0 Å². The molecule has 3 N–H and O–H groups in total. The van der Waals surface area contributed by atoms with Crippen molar-refractivity contribution in [1.82, 2.24) is 14.9 Å². The van der Waals surface area contributed by atoms with E-state index in [0.717, 1.165) is 23.2 Å². The van der Waals surface area contributed by atoms with Crippen LogP contribution in [-0.4, -0.2) is 52.2 Å². The average molecular weight is 482 g/mol. The van der Waals surface area contributed by atoms with Crippen LogP contribution in [0.2, 0.25) is 5.11 Å². The lowest BCUT2D eigenvalue weighted by molar-refractivity contribution is -0.117. The standard InChI is InChI=1S/C24H34B4N6O2/c1-13(21(35)31-18-10-16(33-36-18)11-22(2,3)4)14-6-8-15(9-7-14)19-17(12-29)20(30)34(32-19)23(5,25)24(26,27)28/h6-10,13H,11,25-28,30H2,1-5H3,(H,31,35). The first-order chi connectivity index (χ1) is 16.5. The molecule has 0 aliphatic rings. The van der Waals surface area contributed by atoms with Gasteiger partial charge in [0.25, 0.3) is 0 Å². The summed E-state index contributed by atoms with van der Waals surface area (Å²) in [4.78, 5) is 12.8. The predicted octanol–water partition coefficient (Wildman–Crippen LogP) is 0.602. The van der Waals surface area contributed by atoms with Gasteiger partial charge in [-0.05, 0) is 31.2 Å². The number of aromatic nitrogens is 3. The Morgan fingerprint density at radius 3 is 2.33 bits per heavy atom. The first kappa shape index (κ1) is 27.3. The molecule has 0 aliphatic carbocycles. The minimum absolute atomic E-state index is 0.0710. The Morgan fingerprint density at radius 2 is 1.81 bits per heavy atom. The van der Waals surface area contributed by atoms with Crippen molar-refractivity contribution < 1.29 is 9.32 Å². The van der Waals surface area contributed by atoms with Gasteiger partial charge in [0, 0.05) is 17.1 Å². The number of nitrogens with zero attached hydrogens (tertiary/aromatic N) is 4. The molecule has 0 radical (unpaired) electrons. The van der Waals surface area contributed by atoms with Crippen molar-refractivity contribution in [2.45, 2.75) is 57.5 Å². The second-order valence-corrected chi connectivity index (χ2v) is 12.2. The number of nitrogens with two attached hydrogens (primary N) is 1. The summed E-state index contributed by atoms with van der Waals surface area (Å²) in [6.07, 6.45) is 0.751. The van der Waals surface area contributed by atoms with E-state index in [1.54, 1.807) is 10.7 Å². The molecule has 0 spiro atoms. The van der Waals surface area contributed by atoms with Crippen LogP contribution in [0.25, 0.3) is 11.3 Å². The second kappa shape index (κ2) is 9.61. The SMILES string of the molecule is BC(B)(B)C(B)(C)n1nc(-c2ccc(C(C)C(=O)Nc3cc(CC(C)(C)C)no3)cc2)c(C#N)c1N. The van der Waals surface area contributed by atoms with E-state index in [0.29, 0.717) is 23.0 Å². The quantitative estimate of drug-likeness (QED) is 0.476. The molecule has 0 saturated heterocycles. The third-order valence-electron chi connectivity index (χ3n) is 6.99. The Balaban J connectivity index is 1.81. The Morgan fingerprint density at radius 1 is 1.19 bits per heavy atom. The lowest BCUT2D eigenvalue weighted by Crippen LogP contribution is -2.46. The Kier molecular flexibility index (Phi) is 7.27. The van der Waals surface area contributed by atoms with E-state index in [2.05, 4.69) is 75.6 Å². The number of rotatable bonds is 7. The van der Waals surface area contributed by atoms with E-state index < -0.39 is 11.4 Å². The lowest BCUT2D eigenvalue weighted by atomic mass is 9.31. The molecule has 184 valence electrons. The molecule has 2 unspecified atom stereocenters. The first-order valence-corrected chi connectivity index (χ1v) is 12.2. The van der Waals surface area contributed by atoms with Crippen LogP contribution in [0.3, 0.4) is 0 Å². The van der Waals surface area contributed by atoms with E-state index in [1.807, 2.05) is 31.2 Å². The number of carbonyl (C=O) groups is 1. The van der Waals surface area contributed by atoms with Crippen molar-refractivity contribution in [2.24, 2.45) is 5.41 Å². The molecule has 2 atom stereocenters. The number of anilines is 2. The number of nitrogen functional groups attached to an aromatic ring is 1. The lowest BCUT2D eigenvalue weighted by Gasteiger charge is -2.40. The summed E-state index contributed by atoms with van der Waals surface area (Å²) >= 11 is 0. The number of hydrogen-bond donors (Lipinski definition) is 2. The minimum Gasteiger partial charge on any atom is -0.383 e. The van der Waals surface area contributed by atoms with Crippen molar-refractivity contribution in [3.8, 4) is 17.3 Å². The molecule has 8 nitrogen and oxygen atoms in total. The van der Waals surface area contributed by atoms with Gasteiger partial charge in [0.05, 0.1) is 35.2 Å². The molecule has 3 aromatic rings. The van der Waals surface area contributed by atoms with E-state index in [4.69, 9.17) is 15.4 Å². The van der Waals surface area contributed by atoms with Gasteiger partial charge in [0.1, 0.15) is 31.0 Å². The Bertz CT molecular complexity index is 1290. The highest BCUT2D eigenvalue weighted by molar-refractivity contribution is 6.62.